The Balaban J connectivity index is 1.54. The number of quaternary nitrogens is 1. The minimum absolute atomic E-state index is 0.142. The van der Waals surface area contributed by atoms with Gasteiger partial charge in [0.15, 0.2) is 17.1 Å². The van der Waals surface area contributed by atoms with Crippen LogP contribution in [0.3, 0.4) is 0 Å². The van der Waals surface area contributed by atoms with Gasteiger partial charge in [-0.25, -0.2) is 4.98 Å². The van der Waals surface area contributed by atoms with E-state index >= 15 is 0 Å². The summed E-state index contributed by atoms with van der Waals surface area (Å²) in [4.78, 5) is 47.8. The molecule has 12 nitrogen and oxygen atoms in total. The highest BCUT2D eigenvalue weighted by atomic mass is 32.2. The van der Waals surface area contributed by atoms with Gasteiger partial charge in [0.05, 0.1) is 24.8 Å². The van der Waals surface area contributed by atoms with Crippen molar-refractivity contribution >= 4 is 51.7 Å². The number of hydrogen-bond donors (Lipinski definition) is 3. The summed E-state index contributed by atoms with van der Waals surface area (Å²) >= 11 is 2.48. The predicted molar refractivity (Wildman–Crippen MR) is 123 cm³/mol. The monoisotopic (exact) mass is 510 g/mol. The minimum atomic E-state index is -1.44. The Bertz CT molecular complexity index is 1060. The molecule has 2 amide bonds. The average Bonchev–Trinajstić information content (AvgIpc) is 3.45. The third-order valence-corrected chi connectivity index (χ3v) is 8.46. The van der Waals surface area contributed by atoms with Crippen LogP contribution in [0.15, 0.2) is 21.8 Å². The number of β-lactam (4-membered cyclic amide) rings is 1. The first-order valence-electron chi connectivity index (χ1n) is 10.7. The Kier molecular flexibility index (Phi) is 6.85. The highest BCUT2D eigenvalue weighted by molar-refractivity contribution is 8.00. The van der Waals surface area contributed by atoms with Gasteiger partial charge in [-0.15, -0.1) is 23.1 Å². The maximum absolute atomic E-state index is 13.0. The maximum atomic E-state index is 13.0. The minimum Gasteiger partial charge on any atom is -0.543 e. The zero-order valence-electron chi connectivity index (χ0n) is 18.7. The van der Waals surface area contributed by atoms with E-state index in [4.69, 9.17) is 10.6 Å². The number of oxime groups is 1. The molecule has 0 radical (unpaired) electrons. The number of aliphatic carboxylic acids is 1. The third kappa shape index (κ3) is 4.26. The number of carboxylic acids is 1. The van der Waals surface area contributed by atoms with E-state index in [9.17, 15) is 24.6 Å². The van der Waals surface area contributed by atoms with Gasteiger partial charge in [0.1, 0.15) is 30.8 Å². The number of likely N-dealkylation sites (tertiary alicyclic amines) is 1. The number of thioether (sulfide) groups is 1. The van der Waals surface area contributed by atoms with Crippen LogP contribution in [0.2, 0.25) is 0 Å². The van der Waals surface area contributed by atoms with E-state index in [1.54, 1.807) is 12.3 Å². The quantitative estimate of drug-likeness (QED) is 0.162. The molecule has 1 aromatic heterocycles. The molecule has 0 bridgehead atoms. The lowest BCUT2D eigenvalue weighted by Crippen LogP contribution is -2.72. The molecule has 184 valence electrons. The van der Waals surface area contributed by atoms with Crippen molar-refractivity contribution in [2.45, 2.75) is 37.4 Å². The molecule has 1 aromatic rings. The van der Waals surface area contributed by atoms with E-state index in [0.717, 1.165) is 37.3 Å². The van der Waals surface area contributed by atoms with Crippen LogP contribution in [0.5, 0.6) is 0 Å². The Labute approximate surface area is 204 Å². The number of nitrogens with one attached hydrogen (secondary N) is 1. The Morgan fingerprint density at radius 2 is 2.18 bits per heavy atom. The van der Waals surface area contributed by atoms with Crippen LogP contribution in [0.1, 0.15) is 25.5 Å². The number of fused-ring (bicyclic) bond motifs is 1. The predicted octanol–water partition coefficient (Wildman–Crippen LogP) is -1.57. The molecule has 3 aliphatic heterocycles. The Hall–Kier alpha value is -2.68. The highest BCUT2D eigenvalue weighted by Gasteiger charge is 2.54. The van der Waals surface area contributed by atoms with Crippen molar-refractivity contribution in [3.05, 3.63) is 22.3 Å². The SMILES string of the molecule is CO/N=C(\C(=O)NC1C(=O)N2C(C(=O)[O-])=C(C[N+]3(C(C)O)CCCC3)CS[C@H]12)c1csc(N)n1. The standard InChI is InChI=1S/C20H26N6O6S2/c1-10(27)26(5-3-4-6-26)7-11-8-33-18-14(17(29)25(18)15(11)19(30)31)23-16(28)13(24-32-2)12-9-34-20(21)22-12/h9-10,14,18,27H,3-8H2,1-2H3,(H3-,21,22,23,28,30,31)/b24-13-/t10?,14?,18-/m1/s1. The van der Waals surface area contributed by atoms with E-state index in [1.165, 1.54) is 23.8 Å². The number of hydrogen-bond acceptors (Lipinski definition) is 11. The van der Waals surface area contributed by atoms with E-state index in [1.807, 2.05) is 0 Å². The fraction of sp³-hybridized carbons (Fsp3) is 0.550. The van der Waals surface area contributed by atoms with Crippen molar-refractivity contribution in [1.82, 2.24) is 15.2 Å². The molecule has 0 aliphatic carbocycles. The summed E-state index contributed by atoms with van der Waals surface area (Å²) in [5.74, 6) is -2.34. The molecule has 2 unspecified atom stereocenters. The van der Waals surface area contributed by atoms with Crippen LogP contribution in [0.25, 0.3) is 0 Å². The first-order valence-corrected chi connectivity index (χ1v) is 12.7. The average molecular weight is 511 g/mol. The van der Waals surface area contributed by atoms with Crippen LogP contribution < -0.4 is 16.2 Å². The molecule has 3 aliphatic rings. The lowest BCUT2D eigenvalue weighted by molar-refractivity contribution is -0.954. The van der Waals surface area contributed by atoms with Gasteiger partial charge in [-0.2, -0.15) is 0 Å². The fourth-order valence-electron chi connectivity index (χ4n) is 4.70. The normalized spacial score (nSPS) is 25.0. The van der Waals surface area contributed by atoms with E-state index < -0.39 is 35.4 Å². The molecule has 0 aromatic carbocycles. The number of nitrogen functional groups attached to an aromatic ring is 1. The van der Waals surface area contributed by atoms with E-state index in [2.05, 4.69) is 15.5 Å². The Morgan fingerprint density at radius 3 is 2.74 bits per heavy atom. The molecule has 0 saturated carbocycles. The molecular formula is C20H26N6O6S2. The number of carbonyl (C=O) groups is 3. The molecule has 2 saturated heterocycles. The first-order chi connectivity index (χ1) is 16.2. The van der Waals surface area contributed by atoms with Gasteiger partial charge in [0.25, 0.3) is 11.8 Å². The number of aliphatic hydroxyl groups excluding tert-OH is 1. The van der Waals surface area contributed by atoms with Crippen molar-refractivity contribution in [3.8, 4) is 0 Å². The van der Waals surface area contributed by atoms with Crippen molar-refractivity contribution in [3.63, 3.8) is 0 Å². The van der Waals surface area contributed by atoms with Crippen molar-refractivity contribution < 1.29 is 33.9 Å². The second kappa shape index (κ2) is 9.52. The highest BCUT2D eigenvalue weighted by Crippen LogP contribution is 2.41. The molecule has 4 heterocycles. The number of rotatable bonds is 8. The van der Waals surface area contributed by atoms with Crippen LogP contribution >= 0.6 is 23.1 Å². The van der Waals surface area contributed by atoms with Gasteiger partial charge in [-0.05, 0) is 0 Å². The summed E-state index contributed by atoms with van der Waals surface area (Å²) in [6.45, 7) is 3.52. The summed E-state index contributed by atoms with van der Waals surface area (Å²) < 4.78 is 0.368. The topological polar surface area (TPSA) is 170 Å². The number of amides is 2. The van der Waals surface area contributed by atoms with Crippen LogP contribution in [0.4, 0.5) is 5.13 Å². The number of carboxylic acid groups (broad SMARTS) is 1. The second-order valence-electron chi connectivity index (χ2n) is 8.46. The second-order valence-corrected chi connectivity index (χ2v) is 10.5. The summed E-state index contributed by atoms with van der Waals surface area (Å²) in [6, 6.07) is -0.946. The number of anilines is 1. The number of aliphatic hydroxyl groups is 1. The van der Waals surface area contributed by atoms with E-state index in [0.29, 0.717) is 22.4 Å². The summed E-state index contributed by atoms with van der Waals surface area (Å²) in [5.41, 5.74) is 6.09. The summed E-state index contributed by atoms with van der Waals surface area (Å²) in [7, 11) is 1.28. The van der Waals surface area contributed by atoms with Crippen LogP contribution in [-0.2, 0) is 19.2 Å². The molecular weight excluding hydrogens is 484 g/mol. The smallest absolute Gasteiger partial charge is 0.276 e. The molecule has 14 heteroatoms. The van der Waals surface area contributed by atoms with Crippen LogP contribution in [-0.4, -0.2) is 93.1 Å². The van der Waals surface area contributed by atoms with Gasteiger partial charge in [-0.1, -0.05) is 5.16 Å². The Morgan fingerprint density at radius 1 is 1.47 bits per heavy atom. The molecule has 2 fully saturated rings. The molecule has 0 spiro atoms. The first kappa shape index (κ1) is 24.4. The number of nitrogens with zero attached hydrogens (tertiary/aromatic N) is 4. The zero-order valence-corrected chi connectivity index (χ0v) is 20.4. The molecule has 4 N–H and O–H groups in total. The van der Waals surface area contributed by atoms with Gasteiger partial charge in [0.2, 0.25) is 0 Å². The lowest BCUT2D eigenvalue weighted by atomic mass is 10.0. The number of aromatic nitrogens is 1. The van der Waals surface area contributed by atoms with Gasteiger partial charge in [-0.3, -0.25) is 19.0 Å². The van der Waals surface area contributed by atoms with Crippen molar-refractivity contribution in [1.29, 1.82) is 0 Å². The third-order valence-electron chi connectivity index (χ3n) is 6.44. The van der Waals surface area contributed by atoms with Gasteiger partial charge < -0.3 is 30.9 Å². The van der Waals surface area contributed by atoms with Gasteiger partial charge in [0, 0.05) is 36.5 Å². The summed E-state index contributed by atoms with van der Waals surface area (Å²) in [6.07, 6.45) is 1.24. The molecule has 4 rings (SSSR count). The number of thiazole rings is 1. The lowest BCUT2D eigenvalue weighted by Gasteiger charge is -2.51. The molecule has 34 heavy (non-hydrogen) atoms. The fourth-order valence-corrected chi connectivity index (χ4v) is 6.59. The number of carbonyl (C=O) groups excluding carboxylic acids is 3. The molecule has 3 atom stereocenters. The van der Waals surface area contributed by atoms with E-state index in [-0.39, 0.29) is 22.2 Å². The zero-order chi connectivity index (χ0) is 24.6. The van der Waals surface area contributed by atoms with Gasteiger partial charge >= 0.3 is 0 Å². The van der Waals surface area contributed by atoms with Crippen molar-refractivity contribution in [2.24, 2.45) is 5.16 Å². The largest absolute Gasteiger partial charge is 0.543 e. The van der Waals surface area contributed by atoms with Crippen molar-refractivity contribution in [2.75, 3.05) is 38.2 Å². The maximum Gasteiger partial charge on any atom is 0.276 e. The number of nitrogens with two attached hydrogens (primary N) is 1. The summed E-state index contributed by atoms with van der Waals surface area (Å²) in [5, 5.41) is 30.0. The van der Waals surface area contributed by atoms with Crippen LogP contribution in [0, 0.1) is 0 Å².